The Hall–Kier alpha value is -2.34. The summed E-state index contributed by atoms with van der Waals surface area (Å²) in [7, 11) is 0. The minimum Gasteiger partial charge on any atom is -0.460 e. The molecule has 2 N–H and O–H groups in total. The van der Waals surface area contributed by atoms with Gasteiger partial charge in [-0.25, -0.2) is 5.26 Å². The molecule has 0 aliphatic carbocycles. The number of ether oxygens (including phenoxy) is 1. The second-order valence-corrected chi connectivity index (χ2v) is 8.35. The third kappa shape index (κ3) is 5.85. The fourth-order valence-electron chi connectivity index (χ4n) is 4.14. The van der Waals surface area contributed by atoms with E-state index in [1.165, 1.54) is 0 Å². The second-order valence-electron chi connectivity index (χ2n) is 8.35. The van der Waals surface area contributed by atoms with Crippen molar-refractivity contribution >= 4 is 18.4 Å². The van der Waals surface area contributed by atoms with E-state index in [4.69, 9.17) is 10.00 Å². The van der Waals surface area contributed by atoms with Crippen LogP contribution in [-0.4, -0.2) is 63.9 Å². The Balaban J connectivity index is 1.79. The first-order chi connectivity index (χ1) is 14.5. The lowest BCUT2D eigenvalue weighted by Gasteiger charge is -2.30. The number of amides is 1. The average Bonchev–Trinajstić information content (AvgIpc) is 2.77. The normalized spacial score (nSPS) is 20.2. The molecule has 8 nitrogen and oxygen atoms in total. The number of β-amino-alcohol motifs (C(OH)–C–C–N with tert-alkyl or cyclic N) is 1. The first-order valence-corrected chi connectivity index (χ1v) is 11.2. The molecule has 0 spiro atoms. The minimum atomic E-state index is -0.488. The van der Waals surface area contributed by atoms with Gasteiger partial charge in [0.2, 0.25) is 0 Å². The summed E-state index contributed by atoms with van der Waals surface area (Å²) >= 11 is 0. The topological polar surface area (TPSA) is 111 Å². The molecule has 2 fully saturated rings. The molecule has 0 aromatic carbocycles. The molecule has 0 saturated carbocycles. The van der Waals surface area contributed by atoms with E-state index < -0.39 is 6.10 Å². The molecule has 2 aliphatic rings. The maximum atomic E-state index is 13.1. The summed E-state index contributed by atoms with van der Waals surface area (Å²) in [6, 6.07) is 2.10. The zero-order chi connectivity index (χ0) is 21.5. The molecular weight excluding hydrogens is 381 g/mol. The summed E-state index contributed by atoms with van der Waals surface area (Å²) < 4.78 is 5.95. The fourth-order valence-corrected chi connectivity index (χ4v) is 4.14. The Morgan fingerprint density at radius 2 is 2.10 bits per heavy atom. The first kappa shape index (κ1) is 22.4. The van der Waals surface area contributed by atoms with E-state index >= 15 is 0 Å². The van der Waals surface area contributed by atoms with Crippen molar-refractivity contribution in [3.05, 3.63) is 11.8 Å². The van der Waals surface area contributed by atoms with Gasteiger partial charge in [-0.3, -0.25) is 4.79 Å². The van der Waals surface area contributed by atoms with Gasteiger partial charge in [0.1, 0.15) is 17.6 Å². The summed E-state index contributed by atoms with van der Waals surface area (Å²) in [5.41, 5.74) is 0.285. The molecule has 0 bridgehead atoms. The first-order valence-electron chi connectivity index (χ1n) is 11.2. The van der Waals surface area contributed by atoms with Gasteiger partial charge in [0, 0.05) is 31.2 Å². The Kier molecular flexibility index (Phi) is 7.91. The smallest absolute Gasteiger partial charge is 0.319 e. The average molecular weight is 413 g/mol. The molecule has 3 rings (SSSR count). The van der Waals surface area contributed by atoms with Crippen LogP contribution in [0.15, 0.2) is 6.07 Å². The molecule has 1 aromatic rings. The standard InChI is InChI=1S/C21H32BN5O3/c1-3-17(4-2)30-21-25-18(20(29)27-11-5-6-16(28)13-27)12-19(26-21)24-15-7-9-22(14-23)10-8-15/h12,15-17,28H,3-11,13H2,1-2H3,(H,24,25,26). The summed E-state index contributed by atoms with van der Waals surface area (Å²) in [5.74, 6) is 2.72. The van der Waals surface area contributed by atoms with Crippen molar-refractivity contribution in [2.24, 2.45) is 0 Å². The number of nitriles is 1. The van der Waals surface area contributed by atoms with Crippen molar-refractivity contribution in [2.45, 2.75) is 83.3 Å². The van der Waals surface area contributed by atoms with Crippen LogP contribution in [0.5, 0.6) is 6.01 Å². The van der Waals surface area contributed by atoms with Crippen LogP contribution in [0.4, 0.5) is 5.82 Å². The molecule has 162 valence electrons. The van der Waals surface area contributed by atoms with E-state index in [1.807, 2.05) is 13.8 Å². The molecule has 2 saturated heterocycles. The van der Waals surface area contributed by atoms with Crippen LogP contribution in [0.25, 0.3) is 0 Å². The van der Waals surface area contributed by atoms with Gasteiger partial charge in [-0.05, 0) is 38.5 Å². The number of nitrogens with one attached hydrogen (secondary N) is 1. The van der Waals surface area contributed by atoms with Gasteiger partial charge in [-0.15, -0.1) is 0 Å². The molecular formula is C21H32BN5O3. The minimum absolute atomic E-state index is 0.00826. The largest absolute Gasteiger partial charge is 0.460 e. The zero-order valence-electron chi connectivity index (χ0n) is 18.0. The second kappa shape index (κ2) is 10.6. The van der Waals surface area contributed by atoms with Gasteiger partial charge in [0.05, 0.1) is 6.10 Å². The molecule has 0 radical (unpaired) electrons. The van der Waals surface area contributed by atoms with Crippen LogP contribution in [-0.2, 0) is 0 Å². The molecule has 1 aromatic heterocycles. The Bertz CT molecular complexity index is 759. The number of piperidine rings is 1. The lowest BCUT2D eigenvalue weighted by atomic mass is 9.42. The van der Waals surface area contributed by atoms with Gasteiger partial charge >= 0.3 is 6.01 Å². The van der Waals surface area contributed by atoms with Crippen molar-refractivity contribution in [3.8, 4) is 12.0 Å². The van der Waals surface area contributed by atoms with E-state index in [0.29, 0.717) is 18.9 Å². The number of rotatable bonds is 7. The van der Waals surface area contributed by atoms with Crippen LogP contribution < -0.4 is 10.1 Å². The number of aromatic nitrogens is 2. The van der Waals surface area contributed by atoms with Crippen LogP contribution in [0.1, 0.15) is 62.9 Å². The van der Waals surface area contributed by atoms with Gasteiger partial charge in [0.25, 0.3) is 12.6 Å². The zero-order valence-corrected chi connectivity index (χ0v) is 18.0. The number of nitrogens with zero attached hydrogens (tertiary/aromatic N) is 4. The molecule has 30 heavy (non-hydrogen) atoms. The van der Waals surface area contributed by atoms with E-state index in [9.17, 15) is 9.90 Å². The number of carbonyl (C=O) groups excluding carboxylic acids is 1. The van der Waals surface area contributed by atoms with Gasteiger partial charge in [0.15, 0.2) is 0 Å². The maximum absolute atomic E-state index is 13.1. The summed E-state index contributed by atoms with van der Waals surface area (Å²) in [6.07, 6.45) is 6.19. The van der Waals surface area contributed by atoms with Crippen molar-refractivity contribution < 1.29 is 14.6 Å². The fraction of sp³-hybridized carbons (Fsp3) is 0.714. The van der Waals surface area contributed by atoms with Crippen molar-refractivity contribution in [1.82, 2.24) is 14.9 Å². The van der Waals surface area contributed by atoms with Gasteiger partial charge in [-0.1, -0.05) is 26.5 Å². The monoisotopic (exact) mass is 413 g/mol. The number of anilines is 1. The lowest BCUT2D eigenvalue weighted by Crippen LogP contribution is -2.42. The quantitative estimate of drug-likeness (QED) is 0.661. The van der Waals surface area contributed by atoms with Crippen molar-refractivity contribution in [1.29, 1.82) is 5.26 Å². The van der Waals surface area contributed by atoms with Gasteiger partial charge < -0.3 is 20.1 Å². The van der Waals surface area contributed by atoms with E-state index in [0.717, 1.165) is 51.2 Å². The summed E-state index contributed by atoms with van der Waals surface area (Å²) in [6.45, 7) is 5.16. The highest BCUT2D eigenvalue weighted by Gasteiger charge is 2.27. The third-order valence-electron chi connectivity index (χ3n) is 6.05. The highest BCUT2D eigenvalue weighted by Crippen LogP contribution is 2.24. The Labute approximate surface area is 179 Å². The number of likely N-dealkylation sites (tertiary alicyclic amines) is 1. The predicted octanol–water partition coefficient (Wildman–Crippen LogP) is 2.77. The third-order valence-corrected chi connectivity index (χ3v) is 6.05. The maximum Gasteiger partial charge on any atom is 0.319 e. The Morgan fingerprint density at radius 3 is 2.73 bits per heavy atom. The summed E-state index contributed by atoms with van der Waals surface area (Å²) in [4.78, 5) is 23.6. The van der Waals surface area contributed by atoms with E-state index in [1.54, 1.807) is 11.0 Å². The molecule has 9 heteroatoms. The highest BCUT2D eigenvalue weighted by atomic mass is 16.5. The molecule has 2 aliphatic heterocycles. The van der Waals surface area contributed by atoms with E-state index in [2.05, 4.69) is 21.3 Å². The molecule has 1 atom stereocenters. The Morgan fingerprint density at radius 1 is 1.37 bits per heavy atom. The number of hydrogen-bond acceptors (Lipinski definition) is 7. The van der Waals surface area contributed by atoms with Crippen LogP contribution in [0.2, 0.25) is 12.6 Å². The summed E-state index contributed by atoms with van der Waals surface area (Å²) in [5, 5.41) is 22.5. The van der Waals surface area contributed by atoms with Crippen molar-refractivity contribution in [2.75, 3.05) is 18.4 Å². The molecule has 1 unspecified atom stereocenters. The number of aliphatic hydroxyl groups excluding tert-OH is 1. The van der Waals surface area contributed by atoms with Crippen LogP contribution >= 0.6 is 0 Å². The number of carbonyl (C=O) groups is 1. The molecule has 1 amide bonds. The highest BCUT2D eigenvalue weighted by molar-refractivity contribution is 6.67. The molecule has 3 heterocycles. The van der Waals surface area contributed by atoms with Crippen LogP contribution in [0.3, 0.4) is 0 Å². The number of aliphatic hydroxyl groups is 1. The SMILES string of the molecule is CCC(CC)Oc1nc(NC2CCB(C#N)CC2)cc(C(=O)N2CCCC(O)C2)n1. The van der Waals surface area contributed by atoms with Crippen molar-refractivity contribution in [3.63, 3.8) is 0 Å². The van der Waals surface area contributed by atoms with Gasteiger partial charge in [-0.2, -0.15) is 9.97 Å². The number of hydrogen-bond donors (Lipinski definition) is 2. The lowest BCUT2D eigenvalue weighted by molar-refractivity contribution is 0.0467. The van der Waals surface area contributed by atoms with E-state index in [-0.39, 0.29) is 36.5 Å². The van der Waals surface area contributed by atoms with Crippen LogP contribution in [0, 0.1) is 11.2 Å². The predicted molar refractivity (Wildman–Crippen MR) is 116 cm³/mol.